The van der Waals surface area contributed by atoms with Crippen LogP contribution in [0.3, 0.4) is 0 Å². The third kappa shape index (κ3) is 24.6. The number of ether oxygens (including phenoxy) is 2. The summed E-state index contributed by atoms with van der Waals surface area (Å²) in [6, 6.07) is 4.73. The molecule has 0 saturated carbocycles. The number of cyclic esters (lactones) is 2. The molecule has 4 heterocycles. The molecule has 2 aromatic rings. The van der Waals surface area contributed by atoms with Crippen LogP contribution in [0, 0.1) is 11.8 Å². The SMILES string of the molecule is C/C=C1\NC(=O)c2cc(SC)cc(n2)CNC(=O)C[C@@H](/C=C/CCS)OC(=O)[C@H](C(C)C)NC1=O.C/C=C1\NC(=O)c2cc(SC)cc(n2)CNC(=O)C[C@@H](/C=C/CCSC(=O)CCCCCCC)OC(=O)[C@H](C(C)C)NC1=O. The van der Waals surface area contributed by atoms with Crippen LogP contribution in [0.25, 0.3) is 0 Å². The molecule has 6 N–H and O–H groups in total. The van der Waals surface area contributed by atoms with Gasteiger partial charge in [0.2, 0.25) is 11.8 Å². The van der Waals surface area contributed by atoms with Crippen LogP contribution in [0.4, 0.5) is 0 Å². The second kappa shape index (κ2) is 36.4. The highest BCUT2D eigenvalue weighted by atomic mass is 32.2. The van der Waals surface area contributed by atoms with Gasteiger partial charge in [-0.2, -0.15) is 12.6 Å². The second-order valence-corrected chi connectivity index (χ2v) is 22.3. The van der Waals surface area contributed by atoms with Gasteiger partial charge in [0.15, 0.2) is 5.12 Å². The summed E-state index contributed by atoms with van der Waals surface area (Å²) < 4.78 is 11.3. The summed E-state index contributed by atoms with van der Waals surface area (Å²) in [5.74, 6) is -4.03. The molecule has 0 fully saturated rings. The van der Waals surface area contributed by atoms with Gasteiger partial charge < -0.3 is 41.4 Å². The number of esters is 2. The number of thiol groups is 1. The average molecular weight is 1170 g/mol. The predicted molar refractivity (Wildman–Crippen MR) is 313 cm³/mol. The average Bonchev–Trinajstić information content (AvgIpc) is 3.43. The van der Waals surface area contributed by atoms with Crippen molar-refractivity contribution in [3.05, 3.63) is 94.9 Å². The first-order valence-electron chi connectivity index (χ1n) is 26.5. The summed E-state index contributed by atoms with van der Waals surface area (Å²) in [5.41, 5.74) is 1.09. The van der Waals surface area contributed by atoms with E-state index in [1.54, 1.807) is 90.1 Å². The number of carbonyl (C=O) groups excluding carboxylic acids is 9. The number of rotatable bonds is 17. The molecule has 4 atom stereocenters. The molecule has 4 rings (SSSR count). The number of carbonyl (C=O) groups is 9. The van der Waals surface area contributed by atoms with E-state index < -0.39 is 59.9 Å². The molecule has 19 nitrogen and oxygen atoms in total. The maximum atomic E-state index is 13.2. The zero-order valence-corrected chi connectivity index (χ0v) is 50.0. The lowest BCUT2D eigenvalue weighted by Crippen LogP contribution is -2.48. The monoisotopic (exact) mass is 1170 g/mol. The van der Waals surface area contributed by atoms with E-state index in [9.17, 15) is 43.2 Å². The minimum absolute atomic E-state index is 0.0167. The number of unbranched alkanes of at least 4 members (excludes halogenated alkanes) is 4. The number of thioether (sulfide) groups is 3. The van der Waals surface area contributed by atoms with E-state index in [1.807, 2.05) is 12.5 Å². The second-order valence-electron chi connectivity index (χ2n) is 18.9. The Bertz CT molecular complexity index is 2570. The number of nitrogens with one attached hydrogen (secondary N) is 6. The Labute approximate surface area is 482 Å². The highest BCUT2D eigenvalue weighted by Gasteiger charge is 2.32. The molecule has 23 heteroatoms. The van der Waals surface area contributed by atoms with Crippen molar-refractivity contribution < 1.29 is 52.6 Å². The van der Waals surface area contributed by atoms with Crippen LogP contribution in [0.5, 0.6) is 0 Å². The van der Waals surface area contributed by atoms with Crippen LogP contribution < -0.4 is 31.9 Å². The standard InChI is InChI=1S/C32H46N4O6S2.C24H32N4O5S2/c1-6-8-9-10-11-15-28(38)44-16-13-12-14-23-18-27(37)33-20-22-17-24(43-5)19-26(34-22)31(40)35-25(7-2)30(39)36-29(21(3)4)32(41)42-23;1-5-18-22(30)28-21(14(2)3)24(32)33-16(8-6-7-9-34)11-20(29)25-13-15-10-17(35-4)12-19(26-15)23(31)27-18/h7,12,14,17,19,21,23,29H,6,8-11,13,15-16,18,20H2,1-5H3,(H,33,37)(H,35,40)(H,36,39);5-6,8,10,12,14,16,21,34H,7,9,11,13H2,1-4H3,(H,25,29)(H,27,31)(H,28,30)/b14-12+,25-7-;8-6+,18-5-/t23-,29+;16-,21+/m11/s1. The number of nitrogens with zero attached hydrogens (tertiary/aromatic N) is 2. The van der Waals surface area contributed by atoms with E-state index in [0.717, 1.165) is 29.1 Å². The van der Waals surface area contributed by atoms with Gasteiger partial charge in [-0.3, -0.25) is 33.6 Å². The van der Waals surface area contributed by atoms with Crippen molar-refractivity contribution in [2.45, 2.75) is 160 Å². The molecule has 2 aliphatic heterocycles. The topological polar surface area (TPSA) is 270 Å². The first-order valence-corrected chi connectivity index (χ1v) is 30.5. The zero-order chi connectivity index (χ0) is 58.4. The first kappa shape index (κ1) is 67.4. The highest BCUT2D eigenvalue weighted by molar-refractivity contribution is 8.13. The number of hydrogen-bond acceptors (Lipinski definition) is 17. The van der Waals surface area contributed by atoms with E-state index in [1.165, 1.54) is 60.3 Å². The van der Waals surface area contributed by atoms with Gasteiger partial charge in [-0.1, -0.05) is 96.4 Å². The van der Waals surface area contributed by atoms with Crippen LogP contribution >= 0.6 is 47.9 Å². The molecule has 79 heavy (non-hydrogen) atoms. The maximum Gasteiger partial charge on any atom is 0.329 e. The molecule has 0 saturated heterocycles. The first-order chi connectivity index (χ1) is 37.7. The molecule has 2 aliphatic rings. The largest absolute Gasteiger partial charge is 0.456 e. The molecule has 6 amide bonds. The molecule has 432 valence electrons. The Morgan fingerprint density at radius 2 is 1.10 bits per heavy atom. The number of amides is 6. The quantitative estimate of drug-likeness (QED) is 0.0202. The van der Waals surface area contributed by atoms with E-state index >= 15 is 0 Å². The lowest BCUT2D eigenvalue weighted by atomic mass is 10.0. The summed E-state index contributed by atoms with van der Waals surface area (Å²) in [6.45, 7) is 12.5. The van der Waals surface area contributed by atoms with Gasteiger partial charge in [0.05, 0.1) is 37.3 Å². The zero-order valence-electron chi connectivity index (χ0n) is 46.7. The van der Waals surface area contributed by atoms with Gasteiger partial charge in [-0.25, -0.2) is 19.6 Å². The molecular weight excluding hydrogens is 1090 g/mol. The third-order valence-corrected chi connectivity index (χ3v) is 14.5. The smallest absolute Gasteiger partial charge is 0.329 e. The number of aromatic nitrogens is 2. The van der Waals surface area contributed by atoms with Gasteiger partial charge in [0, 0.05) is 22.0 Å². The van der Waals surface area contributed by atoms with Crippen LogP contribution in [0.15, 0.2) is 81.9 Å². The van der Waals surface area contributed by atoms with Gasteiger partial charge in [-0.15, -0.1) is 23.5 Å². The normalized spacial score (nSPS) is 20.5. The fourth-order valence-electron chi connectivity index (χ4n) is 7.48. The van der Waals surface area contributed by atoms with Crippen molar-refractivity contribution in [3.63, 3.8) is 0 Å². The van der Waals surface area contributed by atoms with Crippen molar-refractivity contribution in [3.8, 4) is 0 Å². The number of fused-ring (bicyclic) bond motifs is 4. The van der Waals surface area contributed by atoms with Gasteiger partial charge in [0.1, 0.15) is 47.1 Å². The molecule has 0 spiro atoms. The summed E-state index contributed by atoms with van der Waals surface area (Å²) in [4.78, 5) is 126. The van der Waals surface area contributed by atoms with Crippen LogP contribution in [0.1, 0.15) is 145 Å². The molecule has 0 aromatic carbocycles. The van der Waals surface area contributed by atoms with Gasteiger partial charge in [0.25, 0.3) is 23.6 Å². The Kier molecular flexibility index (Phi) is 31.0. The number of hydrogen-bond donors (Lipinski definition) is 7. The Balaban J connectivity index is 0.000000426. The van der Waals surface area contributed by atoms with Crippen molar-refractivity contribution >= 4 is 100 Å². The maximum absolute atomic E-state index is 13.2. The third-order valence-electron chi connectivity index (χ3n) is 11.9. The van der Waals surface area contributed by atoms with Crippen LogP contribution in [-0.4, -0.2) is 111 Å². The molecule has 4 bridgehead atoms. The highest BCUT2D eigenvalue weighted by Crippen LogP contribution is 2.21. The minimum Gasteiger partial charge on any atom is -0.456 e. The summed E-state index contributed by atoms with van der Waals surface area (Å²) >= 11 is 8.30. The Morgan fingerprint density at radius 1 is 0.658 bits per heavy atom. The summed E-state index contributed by atoms with van der Waals surface area (Å²) in [5, 5.41) is 16.2. The number of pyridine rings is 2. The predicted octanol–water partition coefficient (Wildman–Crippen LogP) is 7.46. The molecule has 0 radical (unpaired) electrons. The molecule has 2 aromatic heterocycles. The summed E-state index contributed by atoms with van der Waals surface area (Å²) in [6.07, 6.45) is 18.8. The molecular formula is C56H78N8O11S4. The van der Waals surface area contributed by atoms with E-state index in [0.29, 0.717) is 42.2 Å². The minimum atomic E-state index is -1.03. The fraction of sp³-hybridized carbons (Fsp3) is 0.518. The fourth-order valence-corrected chi connectivity index (χ4v) is 9.37. The summed E-state index contributed by atoms with van der Waals surface area (Å²) in [7, 11) is 0. The van der Waals surface area contributed by atoms with Crippen molar-refractivity contribution in [2.75, 3.05) is 24.0 Å². The van der Waals surface area contributed by atoms with E-state index in [2.05, 4.69) is 61.4 Å². The Morgan fingerprint density at radius 3 is 1.51 bits per heavy atom. The van der Waals surface area contributed by atoms with E-state index in [4.69, 9.17) is 9.47 Å². The van der Waals surface area contributed by atoms with Crippen molar-refractivity contribution in [2.24, 2.45) is 11.8 Å². The Hall–Kier alpha value is -5.91. The lowest BCUT2D eigenvalue weighted by molar-refractivity contribution is -0.153. The molecule has 0 unspecified atom stereocenters. The number of allylic oxidation sites excluding steroid dienone is 4. The van der Waals surface area contributed by atoms with E-state index in [-0.39, 0.29) is 77.5 Å². The lowest BCUT2D eigenvalue weighted by Gasteiger charge is -2.24. The van der Waals surface area contributed by atoms with Crippen LogP contribution in [0.2, 0.25) is 0 Å². The van der Waals surface area contributed by atoms with Crippen molar-refractivity contribution in [1.29, 1.82) is 0 Å². The molecule has 0 aliphatic carbocycles. The van der Waals surface area contributed by atoms with Gasteiger partial charge >= 0.3 is 11.9 Å². The van der Waals surface area contributed by atoms with Gasteiger partial charge in [-0.05, 0) is 99.6 Å². The van der Waals surface area contributed by atoms with Crippen LogP contribution in [-0.2, 0) is 56.1 Å². The van der Waals surface area contributed by atoms with Crippen molar-refractivity contribution in [1.82, 2.24) is 41.9 Å².